The SMILES string of the molecule is CCC(C)CN(C)C(c1cccs1)C(N)CC. The maximum atomic E-state index is 6.29. The Balaban J connectivity index is 2.76. The van der Waals surface area contributed by atoms with E-state index in [4.69, 9.17) is 5.73 Å². The van der Waals surface area contributed by atoms with Crippen LogP contribution < -0.4 is 5.73 Å². The summed E-state index contributed by atoms with van der Waals surface area (Å²) in [4.78, 5) is 3.82. The van der Waals surface area contributed by atoms with E-state index in [1.807, 2.05) is 11.3 Å². The Morgan fingerprint density at radius 2 is 2.06 bits per heavy atom. The maximum absolute atomic E-state index is 6.29. The van der Waals surface area contributed by atoms with Crippen molar-refractivity contribution in [1.29, 1.82) is 0 Å². The van der Waals surface area contributed by atoms with Crippen LogP contribution in [0.4, 0.5) is 0 Å². The normalized spacial score (nSPS) is 17.1. The number of thiophene rings is 1. The van der Waals surface area contributed by atoms with Gasteiger partial charge in [0.2, 0.25) is 0 Å². The highest BCUT2D eigenvalue weighted by Crippen LogP contribution is 2.28. The van der Waals surface area contributed by atoms with Gasteiger partial charge in [-0.15, -0.1) is 11.3 Å². The van der Waals surface area contributed by atoms with E-state index in [-0.39, 0.29) is 6.04 Å². The van der Waals surface area contributed by atoms with Gasteiger partial charge in [0.05, 0.1) is 6.04 Å². The van der Waals surface area contributed by atoms with Crippen LogP contribution in [0.1, 0.15) is 44.5 Å². The Hall–Kier alpha value is -0.380. The summed E-state index contributed by atoms with van der Waals surface area (Å²) in [6.45, 7) is 7.84. The monoisotopic (exact) mass is 254 g/mol. The molecule has 0 saturated carbocycles. The number of rotatable bonds is 7. The summed E-state index contributed by atoms with van der Waals surface area (Å²) < 4.78 is 0. The molecule has 0 aromatic carbocycles. The largest absolute Gasteiger partial charge is 0.326 e. The first-order valence-electron chi connectivity index (χ1n) is 6.59. The standard InChI is InChI=1S/C14H26N2S/c1-5-11(3)10-16(4)14(12(15)6-2)13-8-7-9-17-13/h7-9,11-12,14H,5-6,10,15H2,1-4H3. The van der Waals surface area contributed by atoms with Crippen LogP contribution in [0.2, 0.25) is 0 Å². The van der Waals surface area contributed by atoms with Gasteiger partial charge in [0.1, 0.15) is 0 Å². The third-order valence-corrected chi connectivity index (χ3v) is 4.43. The molecular weight excluding hydrogens is 228 g/mol. The highest BCUT2D eigenvalue weighted by molar-refractivity contribution is 7.10. The summed E-state index contributed by atoms with van der Waals surface area (Å²) in [5, 5.41) is 2.14. The molecule has 0 spiro atoms. The predicted octanol–water partition coefficient (Wildman–Crippen LogP) is 3.50. The smallest absolute Gasteiger partial charge is 0.0590 e. The lowest BCUT2D eigenvalue weighted by molar-refractivity contribution is 0.185. The molecule has 0 radical (unpaired) electrons. The highest BCUT2D eigenvalue weighted by Gasteiger charge is 2.24. The number of hydrogen-bond acceptors (Lipinski definition) is 3. The lowest BCUT2D eigenvalue weighted by Gasteiger charge is -2.33. The van der Waals surface area contributed by atoms with Gasteiger partial charge in [0.25, 0.3) is 0 Å². The lowest BCUT2D eigenvalue weighted by Crippen LogP contribution is -2.40. The maximum Gasteiger partial charge on any atom is 0.0590 e. The summed E-state index contributed by atoms with van der Waals surface area (Å²) in [5.74, 6) is 0.728. The van der Waals surface area contributed by atoms with Gasteiger partial charge < -0.3 is 5.73 Å². The number of nitrogens with two attached hydrogens (primary N) is 1. The first-order chi connectivity index (χ1) is 8.10. The van der Waals surface area contributed by atoms with Crippen molar-refractivity contribution in [2.75, 3.05) is 13.6 Å². The summed E-state index contributed by atoms with van der Waals surface area (Å²) >= 11 is 1.82. The van der Waals surface area contributed by atoms with Crippen molar-refractivity contribution < 1.29 is 0 Å². The van der Waals surface area contributed by atoms with Crippen LogP contribution in [0.3, 0.4) is 0 Å². The van der Waals surface area contributed by atoms with E-state index in [0.29, 0.717) is 6.04 Å². The Morgan fingerprint density at radius 1 is 1.35 bits per heavy atom. The molecule has 1 aromatic rings. The van der Waals surface area contributed by atoms with Crippen LogP contribution >= 0.6 is 11.3 Å². The molecule has 1 rings (SSSR count). The summed E-state index contributed by atoms with van der Waals surface area (Å²) in [5.41, 5.74) is 6.29. The second-order valence-corrected chi connectivity index (χ2v) is 5.96. The Kier molecular flexibility index (Phi) is 6.17. The third-order valence-electron chi connectivity index (χ3n) is 3.48. The predicted molar refractivity (Wildman–Crippen MR) is 77.4 cm³/mol. The second kappa shape index (κ2) is 7.14. The van der Waals surface area contributed by atoms with Crippen LogP contribution in [0, 0.1) is 5.92 Å². The zero-order valence-electron chi connectivity index (χ0n) is 11.5. The van der Waals surface area contributed by atoms with Crippen molar-refractivity contribution in [3.8, 4) is 0 Å². The number of hydrogen-bond donors (Lipinski definition) is 1. The molecule has 0 aliphatic heterocycles. The van der Waals surface area contributed by atoms with Gasteiger partial charge in [-0.05, 0) is 30.8 Å². The molecule has 0 fully saturated rings. The zero-order valence-corrected chi connectivity index (χ0v) is 12.3. The van der Waals surface area contributed by atoms with E-state index < -0.39 is 0 Å². The van der Waals surface area contributed by atoms with Crippen molar-refractivity contribution >= 4 is 11.3 Å². The van der Waals surface area contributed by atoms with E-state index in [1.54, 1.807) is 0 Å². The van der Waals surface area contributed by atoms with Gasteiger partial charge in [-0.3, -0.25) is 4.90 Å². The van der Waals surface area contributed by atoms with Gasteiger partial charge in [-0.1, -0.05) is 33.3 Å². The Morgan fingerprint density at radius 3 is 2.53 bits per heavy atom. The quantitative estimate of drug-likeness (QED) is 0.807. The molecular formula is C14H26N2S. The van der Waals surface area contributed by atoms with E-state index in [0.717, 1.165) is 18.9 Å². The summed E-state index contributed by atoms with van der Waals surface area (Å²) in [6, 6.07) is 4.92. The molecule has 0 saturated heterocycles. The molecule has 0 amide bonds. The Labute approximate surface area is 110 Å². The van der Waals surface area contributed by atoms with Crippen molar-refractivity contribution in [2.24, 2.45) is 11.7 Å². The van der Waals surface area contributed by atoms with Crippen LogP contribution in [0.25, 0.3) is 0 Å². The van der Waals surface area contributed by atoms with E-state index in [1.165, 1.54) is 11.3 Å². The molecule has 0 aliphatic carbocycles. The van der Waals surface area contributed by atoms with Crippen LogP contribution in [0.5, 0.6) is 0 Å². The fraction of sp³-hybridized carbons (Fsp3) is 0.714. The van der Waals surface area contributed by atoms with Gasteiger partial charge in [-0.2, -0.15) is 0 Å². The fourth-order valence-corrected chi connectivity index (χ4v) is 3.14. The van der Waals surface area contributed by atoms with E-state index in [9.17, 15) is 0 Å². The molecule has 1 aromatic heterocycles. The minimum atomic E-state index is 0.225. The Bertz CT molecular complexity index is 297. The first kappa shape index (κ1) is 14.7. The number of likely N-dealkylation sites (N-methyl/N-ethyl adjacent to an activating group) is 1. The molecule has 0 aliphatic rings. The molecule has 0 bridgehead atoms. The molecule has 3 unspecified atom stereocenters. The molecule has 2 N–H and O–H groups in total. The molecule has 3 atom stereocenters. The van der Waals surface area contributed by atoms with Crippen molar-refractivity contribution in [3.63, 3.8) is 0 Å². The zero-order chi connectivity index (χ0) is 12.8. The van der Waals surface area contributed by atoms with Gasteiger partial charge in [0.15, 0.2) is 0 Å². The summed E-state index contributed by atoms with van der Waals surface area (Å²) in [7, 11) is 2.20. The van der Waals surface area contributed by atoms with Gasteiger partial charge in [-0.25, -0.2) is 0 Å². The van der Waals surface area contributed by atoms with Crippen LogP contribution in [-0.4, -0.2) is 24.5 Å². The van der Waals surface area contributed by atoms with Gasteiger partial charge >= 0.3 is 0 Å². The summed E-state index contributed by atoms with van der Waals surface area (Å²) in [6.07, 6.45) is 2.25. The molecule has 2 nitrogen and oxygen atoms in total. The van der Waals surface area contributed by atoms with E-state index >= 15 is 0 Å². The molecule has 17 heavy (non-hydrogen) atoms. The minimum Gasteiger partial charge on any atom is -0.326 e. The molecule has 1 heterocycles. The molecule has 98 valence electrons. The van der Waals surface area contributed by atoms with Gasteiger partial charge in [0, 0.05) is 17.5 Å². The number of nitrogens with zero attached hydrogens (tertiary/aromatic N) is 1. The highest BCUT2D eigenvalue weighted by atomic mass is 32.1. The van der Waals surface area contributed by atoms with Crippen molar-refractivity contribution in [3.05, 3.63) is 22.4 Å². The van der Waals surface area contributed by atoms with Crippen molar-refractivity contribution in [2.45, 2.75) is 45.7 Å². The average molecular weight is 254 g/mol. The third kappa shape index (κ3) is 4.09. The molecule has 3 heteroatoms. The van der Waals surface area contributed by atoms with Crippen LogP contribution in [0.15, 0.2) is 17.5 Å². The topological polar surface area (TPSA) is 29.3 Å². The van der Waals surface area contributed by atoms with Crippen LogP contribution in [-0.2, 0) is 0 Å². The van der Waals surface area contributed by atoms with Crippen molar-refractivity contribution in [1.82, 2.24) is 4.90 Å². The lowest BCUT2D eigenvalue weighted by atomic mass is 10.0. The minimum absolute atomic E-state index is 0.225. The van der Waals surface area contributed by atoms with E-state index in [2.05, 4.69) is 50.2 Å². The second-order valence-electron chi connectivity index (χ2n) is 4.99. The average Bonchev–Trinajstić information content (AvgIpc) is 2.82. The fourth-order valence-electron chi connectivity index (χ4n) is 2.17. The first-order valence-corrected chi connectivity index (χ1v) is 7.47.